The number of hydrogen-bond donors (Lipinski definition) is 1. The third-order valence-corrected chi connectivity index (χ3v) is 7.92. The maximum Gasteiger partial charge on any atom is 0.283 e. The summed E-state index contributed by atoms with van der Waals surface area (Å²) in [6, 6.07) is 5.24. The predicted octanol–water partition coefficient (Wildman–Crippen LogP) is 3.43. The van der Waals surface area contributed by atoms with Crippen LogP contribution in [0.15, 0.2) is 36.4 Å². The molecule has 0 saturated carbocycles. The van der Waals surface area contributed by atoms with E-state index in [2.05, 4.69) is 0 Å². The fourth-order valence-corrected chi connectivity index (χ4v) is 5.31. The van der Waals surface area contributed by atoms with Crippen LogP contribution in [-0.2, 0) is 26.0 Å². The molecule has 0 bridgehead atoms. The van der Waals surface area contributed by atoms with Crippen LogP contribution in [0.1, 0.15) is 24.5 Å². The SMILES string of the molecule is CCS(=O)(=O)N[C@@H]1[C@H](Cc2cccc(-c3ccc(F)c(C)c3)c2F)N(C(=O)C2CCO2)CC1(F)F. The van der Waals surface area contributed by atoms with Gasteiger partial charge < -0.3 is 9.64 Å². The van der Waals surface area contributed by atoms with E-state index in [9.17, 15) is 17.6 Å². The van der Waals surface area contributed by atoms with Crippen LogP contribution in [0.3, 0.4) is 0 Å². The Balaban J connectivity index is 1.72. The highest BCUT2D eigenvalue weighted by Gasteiger charge is 2.58. The summed E-state index contributed by atoms with van der Waals surface area (Å²) in [5.74, 6) is -5.84. The van der Waals surface area contributed by atoms with E-state index < -0.39 is 64.0 Å². The number of aryl methyl sites for hydroxylation is 1. The van der Waals surface area contributed by atoms with Crippen LogP contribution in [-0.4, -0.2) is 62.2 Å². The van der Waals surface area contributed by atoms with E-state index >= 15 is 13.2 Å². The normalized spacial score (nSPS) is 23.8. The van der Waals surface area contributed by atoms with Gasteiger partial charge in [0.2, 0.25) is 10.0 Å². The van der Waals surface area contributed by atoms with Crippen molar-refractivity contribution in [3.05, 3.63) is 59.2 Å². The van der Waals surface area contributed by atoms with E-state index in [1.165, 1.54) is 50.2 Å². The Morgan fingerprint density at radius 1 is 1.23 bits per heavy atom. The maximum atomic E-state index is 15.6. The minimum atomic E-state index is -4.06. The highest BCUT2D eigenvalue weighted by Crippen LogP contribution is 2.37. The molecule has 0 aromatic heterocycles. The van der Waals surface area contributed by atoms with Crippen molar-refractivity contribution in [3.63, 3.8) is 0 Å². The topological polar surface area (TPSA) is 75.7 Å². The Bertz CT molecular complexity index is 1230. The lowest BCUT2D eigenvalue weighted by atomic mass is 9.94. The summed E-state index contributed by atoms with van der Waals surface area (Å²) >= 11 is 0. The molecule has 35 heavy (non-hydrogen) atoms. The first-order chi connectivity index (χ1) is 16.4. The van der Waals surface area contributed by atoms with Crippen LogP contribution >= 0.6 is 0 Å². The molecule has 3 atom stereocenters. The summed E-state index contributed by atoms with van der Waals surface area (Å²) < 4.78 is 91.0. The molecule has 0 radical (unpaired) electrons. The van der Waals surface area contributed by atoms with Gasteiger partial charge in [-0.15, -0.1) is 0 Å². The lowest BCUT2D eigenvalue weighted by Gasteiger charge is -2.34. The number of halogens is 4. The van der Waals surface area contributed by atoms with Crippen molar-refractivity contribution in [3.8, 4) is 11.1 Å². The third-order valence-electron chi connectivity index (χ3n) is 6.54. The Morgan fingerprint density at radius 2 is 1.94 bits per heavy atom. The lowest BCUT2D eigenvalue weighted by molar-refractivity contribution is -0.158. The van der Waals surface area contributed by atoms with Crippen LogP contribution in [0.5, 0.6) is 0 Å². The molecule has 0 spiro atoms. The van der Waals surface area contributed by atoms with Gasteiger partial charge in [-0.25, -0.2) is 30.7 Å². The standard InChI is InChI=1S/C24H26F4N2O4S/c1-3-35(32,33)29-22-19(30(13-24(22,27)28)23(31)20-9-10-34-20)12-16-5-4-6-17(21(16)26)15-7-8-18(25)14(2)11-15/h4-8,11,19-20,22,29H,3,9-10,12-13H2,1-2H3/t19-,20?,22+/m0/s1. The fourth-order valence-electron chi connectivity index (χ4n) is 4.43. The Morgan fingerprint density at radius 3 is 2.54 bits per heavy atom. The second kappa shape index (κ2) is 9.51. The number of carbonyl (C=O) groups excluding carboxylic acids is 1. The van der Waals surface area contributed by atoms with E-state index in [0.717, 1.165) is 4.90 Å². The molecule has 6 nitrogen and oxygen atoms in total. The highest BCUT2D eigenvalue weighted by molar-refractivity contribution is 7.89. The number of amides is 1. The summed E-state index contributed by atoms with van der Waals surface area (Å²) in [7, 11) is -4.06. The zero-order chi connectivity index (χ0) is 25.5. The first-order valence-corrected chi connectivity index (χ1v) is 12.9. The number of ether oxygens (including phenoxy) is 1. The van der Waals surface area contributed by atoms with Gasteiger partial charge in [-0.3, -0.25) is 4.79 Å². The molecule has 2 fully saturated rings. The third kappa shape index (κ3) is 5.07. The number of alkyl halides is 2. The van der Waals surface area contributed by atoms with Crippen LogP contribution in [0.25, 0.3) is 11.1 Å². The van der Waals surface area contributed by atoms with Crippen molar-refractivity contribution >= 4 is 15.9 Å². The van der Waals surface area contributed by atoms with E-state index in [1.807, 2.05) is 4.72 Å². The number of likely N-dealkylation sites (tertiary alicyclic amines) is 1. The first kappa shape index (κ1) is 25.6. The van der Waals surface area contributed by atoms with Crippen molar-refractivity contribution in [2.45, 2.75) is 50.8 Å². The van der Waals surface area contributed by atoms with Gasteiger partial charge in [0, 0.05) is 12.0 Å². The zero-order valence-electron chi connectivity index (χ0n) is 19.2. The van der Waals surface area contributed by atoms with Gasteiger partial charge in [0.1, 0.15) is 23.8 Å². The maximum absolute atomic E-state index is 15.6. The monoisotopic (exact) mass is 514 g/mol. The summed E-state index contributed by atoms with van der Waals surface area (Å²) in [5, 5.41) is 0. The molecule has 2 aromatic carbocycles. The largest absolute Gasteiger partial charge is 0.368 e. The van der Waals surface area contributed by atoms with Gasteiger partial charge in [0.15, 0.2) is 0 Å². The molecular formula is C24H26F4N2O4S. The Hall–Kier alpha value is -2.50. The molecule has 1 N–H and O–H groups in total. The molecule has 2 aromatic rings. The van der Waals surface area contributed by atoms with Crippen molar-refractivity contribution in [1.82, 2.24) is 9.62 Å². The van der Waals surface area contributed by atoms with Crippen molar-refractivity contribution < 1.29 is 35.5 Å². The molecule has 1 amide bonds. The smallest absolute Gasteiger partial charge is 0.283 e. The molecule has 11 heteroatoms. The van der Waals surface area contributed by atoms with Gasteiger partial charge in [0.25, 0.3) is 11.8 Å². The second-order valence-corrected chi connectivity index (χ2v) is 10.9. The molecule has 4 rings (SSSR count). The summed E-state index contributed by atoms with van der Waals surface area (Å²) in [4.78, 5) is 13.8. The van der Waals surface area contributed by atoms with Crippen molar-refractivity contribution in [2.24, 2.45) is 0 Å². The first-order valence-electron chi connectivity index (χ1n) is 11.3. The number of rotatable bonds is 7. The van der Waals surface area contributed by atoms with E-state index in [4.69, 9.17) is 4.74 Å². The molecule has 0 aliphatic carbocycles. The Labute approximate surface area is 201 Å². The molecule has 2 aliphatic heterocycles. The fraction of sp³-hybridized carbons (Fsp3) is 0.458. The summed E-state index contributed by atoms with van der Waals surface area (Å²) in [5.41, 5.74) is 0.884. The van der Waals surface area contributed by atoms with Gasteiger partial charge in [-0.2, -0.15) is 0 Å². The highest BCUT2D eigenvalue weighted by atomic mass is 32.2. The van der Waals surface area contributed by atoms with Gasteiger partial charge in [-0.1, -0.05) is 24.3 Å². The van der Waals surface area contributed by atoms with E-state index in [1.54, 1.807) is 0 Å². The predicted molar refractivity (Wildman–Crippen MR) is 121 cm³/mol. The minimum Gasteiger partial charge on any atom is -0.368 e. The minimum absolute atomic E-state index is 0.0280. The van der Waals surface area contributed by atoms with Crippen LogP contribution in [0.2, 0.25) is 0 Å². The van der Waals surface area contributed by atoms with Crippen LogP contribution in [0, 0.1) is 18.6 Å². The molecule has 190 valence electrons. The number of carbonyl (C=O) groups is 1. The van der Waals surface area contributed by atoms with Crippen molar-refractivity contribution in [2.75, 3.05) is 18.9 Å². The molecule has 2 saturated heterocycles. The summed E-state index contributed by atoms with van der Waals surface area (Å²) in [6.45, 7) is 2.16. The average Bonchev–Trinajstić information content (AvgIpc) is 3.00. The number of hydrogen-bond acceptors (Lipinski definition) is 4. The van der Waals surface area contributed by atoms with Gasteiger partial charge in [-0.05, 0) is 49.1 Å². The molecule has 2 heterocycles. The summed E-state index contributed by atoms with van der Waals surface area (Å²) in [6.07, 6.45) is -0.870. The number of nitrogens with one attached hydrogen (secondary N) is 1. The Kier molecular flexibility index (Phi) is 6.96. The van der Waals surface area contributed by atoms with E-state index in [-0.39, 0.29) is 17.5 Å². The quantitative estimate of drug-likeness (QED) is 0.575. The van der Waals surface area contributed by atoms with E-state index in [0.29, 0.717) is 24.2 Å². The molecule has 2 aliphatic rings. The molecule has 1 unspecified atom stereocenters. The van der Waals surface area contributed by atoms with Crippen LogP contribution < -0.4 is 4.72 Å². The number of benzene rings is 2. The van der Waals surface area contributed by atoms with Gasteiger partial charge in [0.05, 0.1) is 24.9 Å². The number of nitrogens with zero attached hydrogens (tertiary/aromatic N) is 1. The second-order valence-electron chi connectivity index (χ2n) is 8.89. The zero-order valence-corrected chi connectivity index (χ0v) is 20.0. The van der Waals surface area contributed by atoms with Gasteiger partial charge >= 0.3 is 0 Å². The average molecular weight is 515 g/mol. The van der Waals surface area contributed by atoms with Crippen molar-refractivity contribution in [1.29, 1.82) is 0 Å². The molecular weight excluding hydrogens is 488 g/mol. The number of sulfonamides is 1. The lowest BCUT2D eigenvalue weighted by Crippen LogP contribution is -2.54. The van der Waals surface area contributed by atoms with Crippen LogP contribution in [0.4, 0.5) is 17.6 Å².